The number of nitrogens with zero attached hydrogens (tertiary/aromatic N) is 1. The largest absolute Gasteiger partial charge is 0.467 e. The average molecular weight is 478 g/mol. The highest BCUT2D eigenvalue weighted by Gasteiger charge is 2.59. The van der Waals surface area contributed by atoms with Crippen molar-refractivity contribution in [3.63, 3.8) is 0 Å². The van der Waals surface area contributed by atoms with Crippen molar-refractivity contribution >= 4 is 46.2 Å². The number of benzene rings is 3. The molecule has 0 spiro atoms. The quantitative estimate of drug-likeness (QED) is 0.470. The number of amides is 1. The zero-order chi connectivity index (χ0) is 23.3. The molecule has 0 saturated carbocycles. The van der Waals surface area contributed by atoms with Crippen molar-refractivity contribution in [2.45, 2.75) is 32.5 Å². The van der Waals surface area contributed by atoms with Crippen LogP contribution in [0, 0.1) is 19.8 Å². The number of carbonyl (C=O) groups is 1. The van der Waals surface area contributed by atoms with Crippen LogP contribution in [0.25, 0.3) is 0 Å². The molecular formula is C26H24ClN3O2S. The van der Waals surface area contributed by atoms with Crippen molar-refractivity contribution in [2.24, 2.45) is 5.92 Å². The van der Waals surface area contributed by atoms with Gasteiger partial charge in [0.2, 0.25) is 5.91 Å². The SMILES string of the molecule is Cc1cccc(N2C(=S)N[C@@H]3c4cc(C)ccc4O[C@]2(C)[C@@H]3C(=O)Nc2ccc(Cl)cc2)c1. The van der Waals surface area contributed by atoms with E-state index in [1.54, 1.807) is 24.3 Å². The molecule has 2 aliphatic heterocycles. The summed E-state index contributed by atoms with van der Waals surface area (Å²) in [5, 5.41) is 7.63. The molecule has 1 saturated heterocycles. The molecule has 2 heterocycles. The molecule has 3 atom stereocenters. The number of hydrogen-bond donors (Lipinski definition) is 2. The van der Waals surface area contributed by atoms with Crippen LogP contribution in [0.1, 0.15) is 29.7 Å². The van der Waals surface area contributed by atoms with Gasteiger partial charge in [0, 0.05) is 22.0 Å². The highest BCUT2D eigenvalue weighted by Crippen LogP contribution is 2.50. The number of aryl methyl sites for hydroxylation is 2. The van der Waals surface area contributed by atoms with Gasteiger partial charge in [-0.05, 0) is 81.0 Å². The highest BCUT2D eigenvalue weighted by molar-refractivity contribution is 7.80. The first-order chi connectivity index (χ1) is 15.8. The molecule has 5 nitrogen and oxygen atoms in total. The summed E-state index contributed by atoms with van der Waals surface area (Å²) >= 11 is 11.8. The van der Waals surface area contributed by atoms with E-state index in [4.69, 9.17) is 28.6 Å². The highest BCUT2D eigenvalue weighted by atomic mass is 35.5. The fourth-order valence-electron chi connectivity index (χ4n) is 4.81. The number of carbonyl (C=O) groups excluding carboxylic acids is 1. The first-order valence-corrected chi connectivity index (χ1v) is 11.6. The Labute approximate surface area is 203 Å². The normalized spacial score (nSPS) is 23.3. The third-order valence-corrected chi connectivity index (χ3v) is 6.86. The zero-order valence-corrected chi connectivity index (χ0v) is 20.1. The van der Waals surface area contributed by atoms with Crippen LogP contribution in [0.5, 0.6) is 5.75 Å². The molecule has 0 unspecified atom stereocenters. The molecule has 0 radical (unpaired) electrons. The van der Waals surface area contributed by atoms with Crippen molar-refractivity contribution in [1.82, 2.24) is 5.32 Å². The molecular weight excluding hydrogens is 454 g/mol. The second-order valence-electron chi connectivity index (χ2n) is 8.77. The number of ether oxygens (including phenoxy) is 1. The van der Waals surface area contributed by atoms with Gasteiger partial charge in [0.15, 0.2) is 10.8 Å². The van der Waals surface area contributed by atoms with E-state index in [-0.39, 0.29) is 11.9 Å². The maximum absolute atomic E-state index is 13.8. The van der Waals surface area contributed by atoms with E-state index in [2.05, 4.69) is 16.7 Å². The monoisotopic (exact) mass is 477 g/mol. The van der Waals surface area contributed by atoms with Gasteiger partial charge in [-0.2, -0.15) is 0 Å². The Morgan fingerprint density at radius 1 is 1.09 bits per heavy atom. The Kier molecular flexibility index (Phi) is 5.30. The lowest BCUT2D eigenvalue weighted by atomic mass is 9.78. The molecule has 7 heteroatoms. The van der Waals surface area contributed by atoms with Crippen LogP contribution in [-0.2, 0) is 4.79 Å². The van der Waals surface area contributed by atoms with E-state index in [1.165, 1.54) is 0 Å². The van der Waals surface area contributed by atoms with E-state index < -0.39 is 11.6 Å². The third-order valence-electron chi connectivity index (χ3n) is 6.31. The summed E-state index contributed by atoms with van der Waals surface area (Å²) in [6.45, 7) is 5.99. The summed E-state index contributed by atoms with van der Waals surface area (Å²) in [7, 11) is 0. The Balaban J connectivity index is 1.63. The van der Waals surface area contributed by atoms with E-state index in [0.717, 1.165) is 28.1 Å². The van der Waals surface area contributed by atoms with E-state index >= 15 is 0 Å². The van der Waals surface area contributed by atoms with Crippen LogP contribution >= 0.6 is 23.8 Å². The van der Waals surface area contributed by atoms with Crippen LogP contribution in [-0.4, -0.2) is 16.7 Å². The van der Waals surface area contributed by atoms with E-state index in [0.29, 0.717) is 15.8 Å². The lowest BCUT2D eigenvalue weighted by molar-refractivity contribution is -0.130. The summed E-state index contributed by atoms with van der Waals surface area (Å²) in [5.74, 6) is -0.00406. The van der Waals surface area contributed by atoms with Crippen LogP contribution in [0.3, 0.4) is 0 Å². The second kappa shape index (κ2) is 8.04. The Morgan fingerprint density at radius 3 is 2.55 bits per heavy atom. The topological polar surface area (TPSA) is 53.6 Å². The maximum atomic E-state index is 13.8. The summed E-state index contributed by atoms with van der Waals surface area (Å²) in [4.78, 5) is 15.7. The number of hydrogen-bond acceptors (Lipinski definition) is 3. The summed E-state index contributed by atoms with van der Waals surface area (Å²) < 4.78 is 6.63. The van der Waals surface area contributed by atoms with Crippen molar-refractivity contribution in [1.29, 1.82) is 0 Å². The summed E-state index contributed by atoms with van der Waals surface area (Å²) in [5.41, 5.74) is 3.61. The minimum Gasteiger partial charge on any atom is -0.467 e. The lowest BCUT2D eigenvalue weighted by Gasteiger charge is -2.56. The van der Waals surface area contributed by atoms with Gasteiger partial charge < -0.3 is 15.4 Å². The van der Waals surface area contributed by atoms with Gasteiger partial charge in [0.1, 0.15) is 11.7 Å². The minimum atomic E-state index is -1.04. The predicted octanol–water partition coefficient (Wildman–Crippen LogP) is 5.76. The van der Waals surface area contributed by atoms with Gasteiger partial charge >= 0.3 is 0 Å². The third kappa shape index (κ3) is 3.73. The molecule has 3 aromatic carbocycles. The van der Waals surface area contributed by atoms with Crippen LogP contribution in [0.2, 0.25) is 5.02 Å². The molecule has 1 amide bonds. The number of halogens is 1. The van der Waals surface area contributed by atoms with Crippen molar-refractivity contribution in [3.8, 4) is 5.75 Å². The van der Waals surface area contributed by atoms with Crippen LogP contribution in [0.4, 0.5) is 11.4 Å². The lowest BCUT2D eigenvalue weighted by Crippen LogP contribution is -2.72. The molecule has 33 heavy (non-hydrogen) atoms. The molecule has 2 N–H and O–H groups in total. The number of fused-ring (bicyclic) bond motifs is 4. The molecule has 0 aromatic heterocycles. The molecule has 1 fully saturated rings. The zero-order valence-electron chi connectivity index (χ0n) is 18.6. The van der Waals surface area contributed by atoms with Gasteiger partial charge in [-0.15, -0.1) is 0 Å². The first kappa shape index (κ1) is 21.7. The van der Waals surface area contributed by atoms with Gasteiger partial charge in [0.25, 0.3) is 0 Å². The summed E-state index contributed by atoms with van der Waals surface area (Å²) in [6, 6.07) is 20.8. The predicted molar refractivity (Wildman–Crippen MR) is 136 cm³/mol. The molecule has 168 valence electrons. The Bertz CT molecular complexity index is 1260. The van der Waals surface area contributed by atoms with Gasteiger partial charge in [0.05, 0.1) is 6.04 Å². The van der Waals surface area contributed by atoms with Gasteiger partial charge in [-0.3, -0.25) is 9.69 Å². The van der Waals surface area contributed by atoms with Crippen molar-refractivity contribution in [3.05, 3.63) is 88.4 Å². The van der Waals surface area contributed by atoms with Crippen molar-refractivity contribution < 1.29 is 9.53 Å². The average Bonchev–Trinajstić information content (AvgIpc) is 2.75. The Morgan fingerprint density at radius 2 is 1.82 bits per heavy atom. The van der Waals surface area contributed by atoms with Gasteiger partial charge in [-0.25, -0.2) is 0 Å². The Hall–Kier alpha value is -3.09. The fourth-order valence-corrected chi connectivity index (χ4v) is 5.35. The molecule has 5 rings (SSSR count). The first-order valence-electron chi connectivity index (χ1n) is 10.8. The maximum Gasteiger partial charge on any atom is 0.236 e. The van der Waals surface area contributed by atoms with E-state index in [1.807, 2.05) is 62.1 Å². The molecule has 2 aliphatic rings. The standard InChI is InChI=1S/C26H24ClN3O2S/c1-15-5-4-6-19(13-15)30-25(33)29-23-20-14-16(2)7-12-21(20)32-26(30,3)22(23)24(31)28-18-10-8-17(27)9-11-18/h4-14,22-23H,1-3H3,(H,28,31)(H,29,33)/t22-,23+,26+/m0/s1. The number of rotatable bonds is 3. The smallest absolute Gasteiger partial charge is 0.236 e. The van der Waals surface area contributed by atoms with Gasteiger partial charge in [-0.1, -0.05) is 41.4 Å². The second-order valence-corrected chi connectivity index (χ2v) is 9.60. The number of thiocarbonyl (C=S) groups is 1. The van der Waals surface area contributed by atoms with Crippen LogP contribution in [0.15, 0.2) is 66.7 Å². The van der Waals surface area contributed by atoms with Crippen molar-refractivity contribution in [2.75, 3.05) is 10.2 Å². The van der Waals surface area contributed by atoms with Crippen LogP contribution < -0.4 is 20.3 Å². The number of nitrogens with one attached hydrogen (secondary N) is 2. The number of anilines is 2. The molecule has 3 aromatic rings. The minimum absolute atomic E-state index is 0.162. The fraction of sp³-hybridized carbons (Fsp3) is 0.231. The molecule has 0 aliphatic carbocycles. The molecule has 2 bridgehead atoms. The summed E-state index contributed by atoms with van der Waals surface area (Å²) in [6.07, 6.45) is 0. The van der Waals surface area contributed by atoms with E-state index in [9.17, 15) is 4.79 Å².